The van der Waals surface area contributed by atoms with Crippen LogP contribution < -0.4 is 5.32 Å². The van der Waals surface area contributed by atoms with Crippen LogP contribution in [0.5, 0.6) is 0 Å². The van der Waals surface area contributed by atoms with Gasteiger partial charge in [-0.15, -0.1) is 0 Å². The number of nitrogens with zero attached hydrogens (tertiary/aromatic N) is 3. The molecule has 0 radical (unpaired) electrons. The summed E-state index contributed by atoms with van der Waals surface area (Å²) >= 11 is 0. The Morgan fingerprint density at radius 1 is 1.31 bits per heavy atom. The van der Waals surface area contributed by atoms with Crippen molar-refractivity contribution in [2.45, 2.75) is 12.5 Å². The lowest BCUT2D eigenvalue weighted by Gasteiger charge is -2.15. The van der Waals surface area contributed by atoms with Crippen molar-refractivity contribution in [3.8, 4) is 0 Å². The number of rotatable bonds is 4. The molecule has 0 aliphatic carbocycles. The minimum absolute atomic E-state index is 0.282. The first-order valence-corrected chi connectivity index (χ1v) is 5.36. The molecule has 1 aromatic heterocycles. The highest BCUT2D eigenvalue weighted by Crippen LogP contribution is 2.15. The van der Waals surface area contributed by atoms with Crippen LogP contribution >= 0.6 is 0 Å². The van der Waals surface area contributed by atoms with Crippen molar-refractivity contribution in [3.63, 3.8) is 0 Å². The number of hydrogen-bond donors (Lipinski definition) is 1. The standard InChI is InChI=1S/C12H16N4/c1-13-11(10-6-4-3-5-7-10)8-12-14-9-15-16(12)2/h3-7,9,11,13H,8H2,1-2H3. The minimum Gasteiger partial charge on any atom is -0.313 e. The van der Waals surface area contributed by atoms with Gasteiger partial charge in [0.1, 0.15) is 12.2 Å². The molecule has 84 valence electrons. The normalized spacial score (nSPS) is 12.6. The molecule has 4 heteroatoms. The number of aryl methyl sites for hydroxylation is 1. The maximum absolute atomic E-state index is 4.24. The second-order valence-corrected chi connectivity index (χ2v) is 3.76. The molecule has 0 bridgehead atoms. The summed E-state index contributed by atoms with van der Waals surface area (Å²) in [6.45, 7) is 0. The van der Waals surface area contributed by atoms with E-state index < -0.39 is 0 Å². The third-order valence-corrected chi connectivity index (χ3v) is 2.74. The Labute approximate surface area is 95.3 Å². The Bertz CT molecular complexity index is 435. The predicted molar refractivity (Wildman–Crippen MR) is 62.9 cm³/mol. The van der Waals surface area contributed by atoms with Gasteiger partial charge in [-0.05, 0) is 12.6 Å². The van der Waals surface area contributed by atoms with Gasteiger partial charge in [0, 0.05) is 19.5 Å². The molecular formula is C12H16N4. The quantitative estimate of drug-likeness (QED) is 0.838. The lowest BCUT2D eigenvalue weighted by atomic mass is 10.0. The second-order valence-electron chi connectivity index (χ2n) is 3.76. The maximum atomic E-state index is 4.24. The van der Waals surface area contributed by atoms with Crippen molar-refractivity contribution in [2.24, 2.45) is 7.05 Å². The zero-order valence-electron chi connectivity index (χ0n) is 9.59. The number of hydrogen-bond acceptors (Lipinski definition) is 3. The topological polar surface area (TPSA) is 42.7 Å². The SMILES string of the molecule is CNC(Cc1ncnn1C)c1ccccc1. The number of benzene rings is 1. The molecule has 16 heavy (non-hydrogen) atoms. The number of likely N-dealkylation sites (N-methyl/N-ethyl adjacent to an activating group) is 1. The number of aromatic nitrogens is 3. The average molecular weight is 216 g/mol. The zero-order valence-corrected chi connectivity index (χ0v) is 9.59. The smallest absolute Gasteiger partial charge is 0.138 e. The van der Waals surface area contributed by atoms with E-state index in [0.717, 1.165) is 12.2 Å². The fourth-order valence-corrected chi connectivity index (χ4v) is 1.76. The average Bonchev–Trinajstić information content (AvgIpc) is 2.73. The van der Waals surface area contributed by atoms with Crippen LogP contribution in [-0.4, -0.2) is 21.8 Å². The van der Waals surface area contributed by atoms with Gasteiger partial charge < -0.3 is 5.32 Å². The molecule has 1 atom stereocenters. The molecule has 1 unspecified atom stereocenters. The van der Waals surface area contributed by atoms with Crippen LogP contribution in [0.1, 0.15) is 17.4 Å². The van der Waals surface area contributed by atoms with Crippen LogP contribution in [0.25, 0.3) is 0 Å². The summed E-state index contributed by atoms with van der Waals surface area (Å²) in [6, 6.07) is 10.7. The highest BCUT2D eigenvalue weighted by atomic mass is 15.3. The predicted octanol–water partition coefficient (Wildman–Crippen LogP) is 1.32. The molecule has 1 aromatic carbocycles. The first-order chi connectivity index (χ1) is 7.81. The second kappa shape index (κ2) is 4.90. The largest absolute Gasteiger partial charge is 0.313 e. The molecule has 2 aromatic rings. The highest BCUT2D eigenvalue weighted by Gasteiger charge is 2.12. The maximum Gasteiger partial charge on any atom is 0.138 e. The molecule has 0 spiro atoms. The zero-order chi connectivity index (χ0) is 11.4. The Hall–Kier alpha value is -1.68. The first kappa shape index (κ1) is 10.8. The van der Waals surface area contributed by atoms with Gasteiger partial charge in [0.15, 0.2) is 0 Å². The molecule has 0 aliphatic rings. The molecule has 0 aliphatic heterocycles. The van der Waals surface area contributed by atoms with Crippen LogP contribution in [-0.2, 0) is 13.5 Å². The molecule has 1 heterocycles. The Morgan fingerprint density at radius 2 is 2.06 bits per heavy atom. The summed E-state index contributed by atoms with van der Waals surface area (Å²) in [5, 5.41) is 7.38. The van der Waals surface area contributed by atoms with Crippen molar-refractivity contribution < 1.29 is 0 Å². The van der Waals surface area contributed by atoms with Gasteiger partial charge >= 0.3 is 0 Å². The number of nitrogens with one attached hydrogen (secondary N) is 1. The van der Waals surface area contributed by atoms with Gasteiger partial charge in [0.2, 0.25) is 0 Å². The summed E-state index contributed by atoms with van der Waals surface area (Å²) in [6.07, 6.45) is 2.43. The molecule has 0 saturated carbocycles. The van der Waals surface area contributed by atoms with Crippen LogP contribution in [0.15, 0.2) is 36.7 Å². The summed E-state index contributed by atoms with van der Waals surface area (Å²) in [4.78, 5) is 4.24. The van der Waals surface area contributed by atoms with Gasteiger partial charge in [-0.3, -0.25) is 4.68 Å². The molecule has 2 rings (SSSR count). The van der Waals surface area contributed by atoms with Crippen LogP contribution in [0.4, 0.5) is 0 Å². The monoisotopic (exact) mass is 216 g/mol. The van der Waals surface area contributed by atoms with E-state index in [1.807, 2.05) is 24.8 Å². The fourth-order valence-electron chi connectivity index (χ4n) is 1.76. The Kier molecular flexibility index (Phi) is 3.31. The lowest BCUT2D eigenvalue weighted by Crippen LogP contribution is -2.20. The van der Waals surface area contributed by atoms with E-state index >= 15 is 0 Å². The Morgan fingerprint density at radius 3 is 2.62 bits per heavy atom. The van der Waals surface area contributed by atoms with Gasteiger partial charge in [-0.2, -0.15) is 5.10 Å². The lowest BCUT2D eigenvalue weighted by molar-refractivity contribution is 0.553. The minimum atomic E-state index is 0.282. The molecule has 0 saturated heterocycles. The molecule has 0 amide bonds. The highest BCUT2D eigenvalue weighted by molar-refractivity contribution is 5.19. The summed E-state index contributed by atoms with van der Waals surface area (Å²) in [7, 11) is 3.88. The van der Waals surface area contributed by atoms with Gasteiger partial charge in [0.25, 0.3) is 0 Å². The van der Waals surface area contributed by atoms with Crippen LogP contribution in [0.3, 0.4) is 0 Å². The van der Waals surface area contributed by atoms with E-state index in [1.54, 1.807) is 6.33 Å². The Balaban J connectivity index is 2.16. The molecule has 4 nitrogen and oxygen atoms in total. The van der Waals surface area contributed by atoms with Gasteiger partial charge in [-0.25, -0.2) is 4.98 Å². The van der Waals surface area contributed by atoms with E-state index in [4.69, 9.17) is 0 Å². The first-order valence-electron chi connectivity index (χ1n) is 5.36. The molecular weight excluding hydrogens is 200 g/mol. The fraction of sp³-hybridized carbons (Fsp3) is 0.333. The van der Waals surface area contributed by atoms with Crippen molar-refractivity contribution in [1.29, 1.82) is 0 Å². The van der Waals surface area contributed by atoms with Crippen molar-refractivity contribution in [2.75, 3.05) is 7.05 Å². The molecule has 1 N–H and O–H groups in total. The van der Waals surface area contributed by atoms with Crippen molar-refractivity contribution in [3.05, 3.63) is 48.0 Å². The van der Waals surface area contributed by atoms with Crippen LogP contribution in [0.2, 0.25) is 0 Å². The summed E-state index contributed by atoms with van der Waals surface area (Å²) in [5.41, 5.74) is 1.27. The third-order valence-electron chi connectivity index (χ3n) is 2.74. The van der Waals surface area contributed by atoms with Gasteiger partial charge in [0.05, 0.1) is 0 Å². The van der Waals surface area contributed by atoms with E-state index in [-0.39, 0.29) is 6.04 Å². The van der Waals surface area contributed by atoms with Crippen LogP contribution in [0, 0.1) is 0 Å². The molecule has 0 fully saturated rings. The van der Waals surface area contributed by atoms with E-state index in [1.165, 1.54) is 5.56 Å². The van der Waals surface area contributed by atoms with E-state index in [9.17, 15) is 0 Å². The van der Waals surface area contributed by atoms with Crippen molar-refractivity contribution in [1.82, 2.24) is 20.1 Å². The third kappa shape index (κ3) is 2.28. The van der Waals surface area contributed by atoms with Gasteiger partial charge in [-0.1, -0.05) is 30.3 Å². The summed E-state index contributed by atoms with van der Waals surface area (Å²) in [5.74, 6) is 0.989. The van der Waals surface area contributed by atoms with E-state index in [0.29, 0.717) is 0 Å². The van der Waals surface area contributed by atoms with E-state index in [2.05, 4.69) is 39.7 Å². The summed E-state index contributed by atoms with van der Waals surface area (Å²) < 4.78 is 1.81. The van der Waals surface area contributed by atoms with Crippen molar-refractivity contribution >= 4 is 0 Å².